The summed E-state index contributed by atoms with van der Waals surface area (Å²) < 4.78 is 25.8. The first kappa shape index (κ1) is 21.4. The normalized spacial score (nSPS) is 26.6. The van der Waals surface area contributed by atoms with Crippen LogP contribution in [0, 0.1) is 13.8 Å². The number of fused-ring (bicyclic) bond motifs is 2. The summed E-state index contributed by atoms with van der Waals surface area (Å²) in [6.45, 7) is 3.30. The maximum absolute atomic E-state index is 13.4. The van der Waals surface area contributed by atoms with Crippen molar-refractivity contribution in [1.82, 2.24) is 14.8 Å². The molecule has 2 fully saturated rings. The zero-order valence-electron chi connectivity index (χ0n) is 18.0. The first-order chi connectivity index (χ1) is 15.1. The summed E-state index contributed by atoms with van der Waals surface area (Å²) in [6, 6.07) is 2.89. The lowest BCUT2D eigenvalue weighted by Crippen LogP contribution is -2.46. The van der Waals surface area contributed by atoms with Gasteiger partial charge < -0.3 is 9.88 Å². The third-order valence-corrected chi connectivity index (χ3v) is 9.73. The van der Waals surface area contributed by atoms with E-state index < -0.39 is 21.4 Å². The van der Waals surface area contributed by atoms with Crippen LogP contribution in [0.25, 0.3) is 0 Å². The molecule has 170 valence electrons. The molecule has 0 aromatic carbocycles. The maximum atomic E-state index is 13.4. The van der Waals surface area contributed by atoms with Gasteiger partial charge in [-0.25, -0.2) is 13.2 Å². The molecule has 1 N–H and O–H groups in total. The van der Waals surface area contributed by atoms with Gasteiger partial charge in [-0.15, -0.1) is 11.3 Å². The zero-order chi connectivity index (χ0) is 22.8. The smallest absolute Gasteiger partial charge is 0.325 e. The van der Waals surface area contributed by atoms with Crippen LogP contribution in [-0.2, 0) is 26.6 Å². The molecule has 8 nitrogen and oxygen atoms in total. The van der Waals surface area contributed by atoms with E-state index >= 15 is 0 Å². The molecule has 1 spiro atoms. The van der Waals surface area contributed by atoms with Gasteiger partial charge in [-0.2, -0.15) is 0 Å². The summed E-state index contributed by atoms with van der Waals surface area (Å²) >= 11 is 1.59. The van der Waals surface area contributed by atoms with Gasteiger partial charge in [0.15, 0.2) is 15.6 Å². The van der Waals surface area contributed by atoms with Gasteiger partial charge in [0.1, 0.15) is 5.54 Å². The number of carbonyl (C=O) groups is 3. The quantitative estimate of drug-likeness (QED) is 0.540. The van der Waals surface area contributed by atoms with Crippen LogP contribution >= 0.6 is 11.3 Å². The summed E-state index contributed by atoms with van der Waals surface area (Å²) in [4.78, 5) is 41.5. The lowest BCUT2D eigenvalue weighted by Gasteiger charge is -2.31. The predicted molar refractivity (Wildman–Crippen MR) is 120 cm³/mol. The fourth-order valence-corrected chi connectivity index (χ4v) is 8.21. The lowest BCUT2D eigenvalue weighted by molar-refractivity contribution is -0.131. The molecular formula is C22H25N3O5S2. The summed E-state index contributed by atoms with van der Waals surface area (Å²) in [6.07, 6.45) is 2.73. The van der Waals surface area contributed by atoms with Crippen molar-refractivity contribution < 1.29 is 22.8 Å². The van der Waals surface area contributed by atoms with E-state index in [2.05, 4.69) is 5.32 Å². The second kappa shape index (κ2) is 7.28. The Hall–Kier alpha value is -2.46. The van der Waals surface area contributed by atoms with Crippen molar-refractivity contribution >= 4 is 38.9 Å². The Labute approximate surface area is 190 Å². The van der Waals surface area contributed by atoms with E-state index in [0.717, 1.165) is 33.9 Å². The molecule has 4 heterocycles. The van der Waals surface area contributed by atoms with E-state index in [-0.39, 0.29) is 35.8 Å². The SMILES string of the molecule is Cc1cc(C(=O)CN2C(=O)NC3(CCCc4sccc43)C2=O)c(C)n1C1CCS(=O)(=O)C1. The topological polar surface area (TPSA) is 106 Å². The number of carbonyl (C=O) groups excluding carboxylic acids is 3. The van der Waals surface area contributed by atoms with Gasteiger partial charge in [-0.3, -0.25) is 14.5 Å². The Morgan fingerprint density at radius 3 is 2.81 bits per heavy atom. The van der Waals surface area contributed by atoms with Crippen molar-refractivity contribution in [2.45, 2.75) is 51.1 Å². The van der Waals surface area contributed by atoms with Gasteiger partial charge in [-0.1, -0.05) is 0 Å². The largest absolute Gasteiger partial charge is 0.344 e. The van der Waals surface area contributed by atoms with Crippen LogP contribution < -0.4 is 5.32 Å². The van der Waals surface area contributed by atoms with Crippen molar-refractivity contribution in [1.29, 1.82) is 0 Å². The van der Waals surface area contributed by atoms with Crippen LogP contribution in [0.2, 0.25) is 0 Å². The van der Waals surface area contributed by atoms with Crippen molar-refractivity contribution in [3.63, 3.8) is 0 Å². The molecule has 2 atom stereocenters. The van der Waals surface area contributed by atoms with Crippen LogP contribution in [0.15, 0.2) is 17.5 Å². The van der Waals surface area contributed by atoms with Crippen LogP contribution in [0.5, 0.6) is 0 Å². The van der Waals surface area contributed by atoms with E-state index in [1.165, 1.54) is 0 Å². The summed E-state index contributed by atoms with van der Waals surface area (Å²) in [5.74, 6) is -0.485. The number of urea groups is 1. The van der Waals surface area contributed by atoms with E-state index in [4.69, 9.17) is 0 Å². The minimum atomic E-state index is -3.07. The summed E-state index contributed by atoms with van der Waals surface area (Å²) in [5.41, 5.74) is 1.68. The van der Waals surface area contributed by atoms with Crippen LogP contribution in [0.4, 0.5) is 4.79 Å². The lowest BCUT2D eigenvalue weighted by atomic mass is 9.80. The molecule has 0 saturated carbocycles. The van der Waals surface area contributed by atoms with Gasteiger partial charge in [-0.05, 0) is 57.0 Å². The average molecular weight is 476 g/mol. The fraction of sp³-hybridized carbons (Fsp3) is 0.500. The highest BCUT2D eigenvalue weighted by atomic mass is 32.2. The highest BCUT2D eigenvalue weighted by Gasteiger charge is 2.54. The second-order valence-electron chi connectivity index (χ2n) is 8.97. The molecule has 0 bridgehead atoms. The highest BCUT2D eigenvalue weighted by Crippen LogP contribution is 2.42. The number of nitrogens with zero attached hydrogens (tertiary/aromatic N) is 2. The van der Waals surface area contributed by atoms with Gasteiger partial charge in [0.05, 0.1) is 18.1 Å². The van der Waals surface area contributed by atoms with Crippen molar-refractivity contribution in [3.05, 3.63) is 44.9 Å². The minimum Gasteiger partial charge on any atom is -0.344 e. The van der Waals surface area contributed by atoms with Gasteiger partial charge in [0, 0.05) is 33.4 Å². The summed E-state index contributed by atoms with van der Waals surface area (Å²) in [7, 11) is -3.07. The number of aromatic nitrogens is 1. The van der Waals surface area contributed by atoms with E-state index in [9.17, 15) is 22.8 Å². The number of amides is 3. The Morgan fingerprint density at radius 2 is 2.09 bits per heavy atom. The number of thiophene rings is 1. The molecule has 2 aromatic heterocycles. The molecule has 32 heavy (non-hydrogen) atoms. The summed E-state index contributed by atoms with van der Waals surface area (Å²) in [5, 5.41) is 4.81. The number of Topliss-reactive ketones (excluding diaryl/α,β-unsaturated/α-hetero) is 1. The van der Waals surface area contributed by atoms with Crippen LogP contribution in [-0.4, -0.2) is 53.7 Å². The molecule has 3 amide bonds. The van der Waals surface area contributed by atoms with Crippen LogP contribution in [0.3, 0.4) is 0 Å². The monoisotopic (exact) mass is 475 g/mol. The Kier molecular flexibility index (Phi) is 4.86. The molecule has 10 heteroatoms. The number of rotatable bonds is 4. The number of hydrogen-bond donors (Lipinski definition) is 1. The van der Waals surface area contributed by atoms with E-state index in [1.54, 1.807) is 24.3 Å². The second-order valence-corrected chi connectivity index (χ2v) is 12.2. The molecule has 1 aliphatic carbocycles. The first-order valence-electron chi connectivity index (χ1n) is 10.8. The van der Waals surface area contributed by atoms with E-state index in [1.807, 2.05) is 22.9 Å². The van der Waals surface area contributed by atoms with Gasteiger partial charge in [0.25, 0.3) is 5.91 Å². The minimum absolute atomic E-state index is 0.0650. The van der Waals surface area contributed by atoms with Gasteiger partial charge >= 0.3 is 6.03 Å². The zero-order valence-corrected chi connectivity index (χ0v) is 19.6. The number of aryl methyl sites for hydroxylation is 2. The number of sulfone groups is 1. The number of nitrogens with one attached hydrogen (secondary N) is 1. The molecule has 2 saturated heterocycles. The van der Waals surface area contributed by atoms with E-state index in [0.29, 0.717) is 24.1 Å². The maximum Gasteiger partial charge on any atom is 0.325 e. The predicted octanol–water partition coefficient (Wildman–Crippen LogP) is 2.49. The third-order valence-electron chi connectivity index (χ3n) is 7.00. The molecule has 2 unspecified atom stereocenters. The Bertz CT molecular complexity index is 1260. The molecule has 2 aliphatic heterocycles. The van der Waals surface area contributed by atoms with Crippen molar-refractivity contribution in [2.75, 3.05) is 18.1 Å². The van der Waals surface area contributed by atoms with Gasteiger partial charge in [0.2, 0.25) is 0 Å². The third kappa shape index (κ3) is 3.14. The Balaban J connectivity index is 1.40. The molecular weight excluding hydrogens is 450 g/mol. The molecule has 0 radical (unpaired) electrons. The first-order valence-corrected chi connectivity index (χ1v) is 13.5. The molecule has 2 aromatic rings. The molecule has 3 aliphatic rings. The van der Waals surface area contributed by atoms with Crippen molar-refractivity contribution in [3.8, 4) is 0 Å². The Morgan fingerprint density at radius 1 is 1.31 bits per heavy atom. The van der Waals surface area contributed by atoms with Crippen molar-refractivity contribution in [2.24, 2.45) is 0 Å². The average Bonchev–Trinajstić information content (AvgIpc) is 3.46. The number of imide groups is 1. The standard InChI is InChI=1S/C22H25N3O5S2/c1-13-10-16(14(2)25(13)15-6-9-32(29,30)12-15)18(26)11-24-20(27)22(23-21(24)28)7-3-4-19-17(22)5-8-31-19/h5,8,10,15H,3-4,6-7,9,11-12H2,1-2H3,(H,23,28). The molecule has 5 rings (SSSR count). The highest BCUT2D eigenvalue weighted by molar-refractivity contribution is 7.91. The number of hydrogen-bond acceptors (Lipinski definition) is 6. The van der Waals surface area contributed by atoms with Crippen LogP contribution in [0.1, 0.15) is 57.5 Å². The fourth-order valence-electron chi connectivity index (χ4n) is 5.51. The number of ketones is 1.